The normalized spacial score (nSPS) is 11.9. The van der Waals surface area contributed by atoms with Gasteiger partial charge in [0, 0.05) is 39.8 Å². The summed E-state index contributed by atoms with van der Waals surface area (Å²) >= 11 is 6.05. The molecule has 0 saturated heterocycles. The lowest BCUT2D eigenvalue weighted by molar-refractivity contribution is 0.182. The standard InChI is InChI=1S/C21H25ClN4/c1-21(2,26(3)4)12-9-18-19(15-10-13-23-14-11-15)20(25-24-18)16-5-7-17(22)8-6-16/h5-8,10-11,13-14H,9,12H2,1-4H3,(H,24,25). The highest BCUT2D eigenvalue weighted by molar-refractivity contribution is 6.30. The maximum Gasteiger partial charge on any atom is 0.100 e. The number of halogens is 1. The number of aryl methyl sites for hydroxylation is 1. The predicted molar refractivity (Wildman–Crippen MR) is 108 cm³/mol. The molecule has 136 valence electrons. The van der Waals surface area contributed by atoms with E-state index < -0.39 is 0 Å². The second-order valence-electron chi connectivity index (χ2n) is 7.38. The van der Waals surface area contributed by atoms with Gasteiger partial charge in [-0.1, -0.05) is 23.7 Å². The molecule has 0 amide bonds. The highest BCUT2D eigenvalue weighted by atomic mass is 35.5. The predicted octanol–water partition coefficient (Wildman–Crippen LogP) is 5.06. The van der Waals surface area contributed by atoms with Gasteiger partial charge < -0.3 is 4.90 Å². The van der Waals surface area contributed by atoms with Gasteiger partial charge in [0.1, 0.15) is 5.69 Å². The Balaban J connectivity index is 2.01. The summed E-state index contributed by atoms with van der Waals surface area (Å²) < 4.78 is 0. The zero-order valence-corrected chi connectivity index (χ0v) is 16.5. The van der Waals surface area contributed by atoms with Crippen LogP contribution >= 0.6 is 11.6 Å². The molecule has 0 fully saturated rings. The molecule has 0 saturated carbocycles. The van der Waals surface area contributed by atoms with Crippen molar-refractivity contribution in [2.75, 3.05) is 14.1 Å². The molecule has 0 spiro atoms. The molecular formula is C21H25ClN4. The Bertz CT molecular complexity index is 851. The third-order valence-electron chi connectivity index (χ3n) is 5.13. The van der Waals surface area contributed by atoms with E-state index in [0.717, 1.165) is 45.9 Å². The lowest BCUT2D eigenvalue weighted by atomic mass is 9.92. The summed E-state index contributed by atoms with van der Waals surface area (Å²) in [5.74, 6) is 0. The molecule has 0 aliphatic heterocycles. The van der Waals surface area contributed by atoms with Crippen LogP contribution in [0.3, 0.4) is 0 Å². The molecule has 0 atom stereocenters. The van der Waals surface area contributed by atoms with Crippen LogP contribution in [0.25, 0.3) is 22.4 Å². The zero-order valence-electron chi connectivity index (χ0n) is 15.8. The summed E-state index contributed by atoms with van der Waals surface area (Å²) in [5, 5.41) is 8.64. The molecule has 4 nitrogen and oxygen atoms in total. The lowest BCUT2D eigenvalue weighted by Crippen LogP contribution is -2.38. The number of rotatable bonds is 6. The smallest absolute Gasteiger partial charge is 0.100 e. The van der Waals surface area contributed by atoms with E-state index in [4.69, 9.17) is 11.6 Å². The molecule has 0 aliphatic rings. The fourth-order valence-corrected chi connectivity index (χ4v) is 2.99. The summed E-state index contributed by atoms with van der Waals surface area (Å²) in [6.45, 7) is 4.52. The summed E-state index contributed by atoms with van der Waals surface area (Å²) in [6.07, 6.45) is 5.59. The average molecular weight is 369 g/mol. The molecule has 3 rings (SSSR count). The highest BCUT2D eigenvalue weighted by Crippen LogP contribution is 2.34. The van der Waals surface area contributed by atoms with E-state index in [1.165, 1.54) is 0 Å². The Labute approximate surface area is 160 Å². The van der Waals surface area contributed by atoms with Gasteiger partial charge in [0.15, 0.2) is 0 Å². The SMILES string of the molecule is CN(C)C(C)(C)CCc1[nH]nc(-c2ccc(Cl)cc2)c1-c1ccncc1. The van der Waals surface area contributed by atoms with Crippen LogP contribution in [0.2, 0.25) is 5.02 Å². The van der Waals surface area contributed by atoms with E-state index in [1.807, 2.05) is 48.8 Å². The molecule has 1 N–H and O–H groups in total. The van der Waals surface area contributed by atoms with Crippen LogP contribution in [-0.4, -0.2) is 39.7 Å². The Hall–Kier alpha value is -2.17. The van der Waals surface area contributed by atoms with E-state index in [1.54, 1.807) is 0 Å². The monoisotopic (exact) mass is 368 g/mol. The number of H-pyrrole nitrogens is 1. The summed E-state index contributed by atoms with van der Waals surface area (Å²) in [5.41, 5.74) is 5.53. The minimum Gasteiger partial charge on any atom is -0.304 e. The van der Waals surface area contributed by atoms with E-state index >= 15 is 0 Å². The lowest BCUT2D eigenvalue weighted by Gasteiger charge is -2.32. The van der Waals surface area contributed by atoms with E-state index in [9.17, 15) is 0 Å². The van der Waals surface area contributed by atoms with Gasteiger partial charge in [0.05, 0.1) is 0 Å². The third-order valence-corrected chi connectivity index (χ3v) is 5.38. The van der Waals surface area contributed by atoms with E-state index in [-0.39, 0.29) is 5.54 Å². The van der Waals surface area contributed by atoms with Gasteiger partial charge in [-0.05, 0) is 70.6 Å². The molecule has 2 heterocycles. The quantitative estimate of drug-likeness (QED) is 0.661. The van der Waals surface area contributed by atoms with Gasteiger partial charge >= 0.3 is 0 Å². The molecule has 2 aromatic heterocycles. The van der Waals surface area contributed by atoms with Crippen molar-refractivity contribution in [1.82, 2.24) is 20.1 Å². The molecule has 3 aromatic rings. The van der Waals surface area contributed by atoms with Crippen molar-refractivity contribution in [1.29, 1.82) is 0 Å². The van der Waals surface area contributed by atoms with Crippen molar-refractivity contribution >= 4 is 11.6 Å². The van der Waals surface area contributed by atoms with Crippen LogP contribution < -0.4 is 0 Å². The first kappa shape index (κ1) is 18.6. The largest absolute Gasteiger partial charge is 0.304 e. The first-order chi connectivity index (χ1) is 12.4. The number of nitrogens with one attached hydrogen (secondary N) is 1. The molecule has 0 bridgehead atoms. The van der Waals surface area contributed by atoms with Gasteiger partial charge in [0.2, 0.25) is 0 Å². The number of hydrogen-bond acceptors (Lipinski definition) is 3. The molecule has 26 heavy (non-hydrogen) atoms. The topological polar surface area (TPSA) is 44.8 Å². The maximum absolute atomic E-state index is 6.05. The first-order valence-electron chi connectivity index (χ1n) is 8.79. The number of pyridine rings is 1. The Morgan fingerprint density at radius 2 is 1.65 bits per heavy atom. The third kappa shape index (κ3) is 3.97. The Morgan fingerprint density at radius 3 is 2.27 bits per heavy atom. The summed E-state index contributed by atoms with van der Waals surface area (Å²) in [7, 11) is 4.24. The average Bonchev–Trinajstić information content (AvgIpc) is 3.05. The summed E-state index contributed by atoms with van der Waals surface area (Å²) in [6, 6.07) is 11.9. The fourth-order valence-electron chi connectivity index (χ4n) is 2.86. The van der Waals surface area contributed by atoms with Crippen molar-refractivity contribution in [3.8, 4) is 22.4 Å². The number of nitrogens with zero attached hydrogens (tertiary/aromatic N) is 3. The number of hydrogen-bond donors (Lipinski definition) is 1. The molecule has 0 radical (unpaired) electrons. The molecular weight excluding hydrogens is 344 g/mol. The Kier molecular flexibility index (Phi) is 5.44. The zero-order chi connectivity index (χ0) is 18.7. The van der Waals surface area contributed by atoms with Gasteiger partial charge in [0.25, 0.3) is 0 Å². The van der Waals surface area contributed by atoms with Gasteiger partial charge in [-0.25, -0.2) is 0 Å². The van der Waals surface area contributed by atoms with Crippen LogP contribution in [0.1, 0.15) is 26.0 Å². The van der Waals surface area contributed by atoms with Crippen molar-refractivity contribution in [2.45, 2.75) is 32.2 Å². The highest BCUT2D eigenvalue weighted by Gasteiger charge is 2.23. The molecule has 0 unspecified atom stereocenters. The van der Waals surface area contributed by atoms with Gasteiger partial charge in [-0.15, -0.1) is 0 Å². The molecule has 0 aliphatic carbocycles. The minimum atomic E-state index is 0.112. The second kappa shape index (κ2) is 7.60. The van der Waals surface area contributed by atoms with Crippen LogP contribution in [0.4, 0.5) is 0 Å². The van der Waals surface area contributed by atoms with Crippen LogP contribution in [0, 0.1) is 0 Å². The van der Waals surface area contributed by atoms with Crippen molar-refractivity contribution < 1.29 is 0 Å². The van der Waals surface area contributed by atoms with Crippen molar-refractivity contribution in [3.63, 3.8) is 0 Å². The van der Waals surface area contributed by atoms with Crippen molar-refractivity contribution in [2.24, 2.45) is 0 Å². The summed E-state index contributed by atoms with van der Waals surface area (Å²) in [4.78, 5) is 6.41. The van der Waals surface area contributed by atoms with Crippen molar-refractivity contribution in [3.05, 3.63) is 59.5 Å². The molecule has 5 heteroatoms. The van der Waals surface area contributed by atoms with Crippen LogP contribution in [0.15, 0.2) is 48.8 Å². The van der Waals surface area contributed by atoms with Gasteiger partial charge in [-0.2, -0.15) is 5.10 Å². The van der Waals surface area contributed by atoms with E-state index in [2.05, 4.69) is 48.0 Å². The fraction of sp³-hybridized carbons (Fsp3) is 0.333. The minimum absolute atomic E-state index is 0.112. The maximum atomic E-state index is 6.05. The Morgan fingerprint density at radius 1 is 1.00 bits per heavy atom. The number of aromatic amines is 1. The molecule has 1 aromatic carbocycles. The number of benzene rings is 1. The first-order valence-corrected chi connectivity index (χ1v) is 9.17. The van der Waals surface area contributed by atoms with Crippen LogP contribution in [-0.2, 0) is 6.42 Å². The van der Waals surface area contributed by atoms with Crippen LogP contribution in [0.5, 0.6) is 0 Å². The number of aromatic nitrogens is 3. The van der Waals surface area contributed by atoms with E-state index in [0.29, 0.717) is 0 Å². The van der Waals surface area contributed by atoms with Gasteiger partial charge in [-0.3, -0.25) is 10.1 Å². The second-order valence-corrected chi connectivity index (χ2v) is 7.81.